The van der Waals surface area contributed by atoms with Crippen LogP contribution < -0.4 is 5.32 Å². The highest BCUT2D eigenvalue weighted by Crippen LogP contribution is 2.44. The summed E-state index contributed by atoms with van der Waals surface area (Å²) in [7, 11) is 1.84. The zero-order chi connectivity index (χ0) is 17.8. The molecule has 5 nitrogen and oxygen atoms in total. The Bertz CT molecular complexity index is 837. The highest BCUT2D eigenvalue weighted by atomic mass is 35.5. The summed E-state index contributed by atoms with van der Waals surface area (Å²) in [6.45, 7) is 3.90. The van der Waals surface area contributed by atoms with Gasteiger partial charge in [-0.3, -0.25) is 4.79 Å². The third-order valence-corrected chi connectivity index (χ3v) is 5.27. The maximum absolute atomic E-state index is 12.1. The molecule has 1 aliphatic heterocycles. The van der Waals surface area contributed by atoms with E-state index in [2.05, 4.69) is 5.32 Å². The minimum atomic E-state index is -0.892. The molecule has 0 aliphatic carbocycles. The van der Waals surface area contributed by atoms with Crippen LogP contribution in [0.15, 0.2) is 6.07 Å². The van der Waals surface area contributed by atoms with Crippen LogP contribution in [0, 0.1) is 0 Å². The molecule has 0 radical (unpaired) electrons. The number of carbonyl (C=O) groups is 1. The van der Waals surface area contributed by atoms with Gasteiger partial charge in [-0.25, -0.2) is 0 Å². The van der Waals surface area contributed by atoms with Gasteiger partial charge in [0.25, 0.3) is 0 Å². The van der Waals surface area contributed by atoms with Gasteiger partial charge in [0, 0.05) is 36.7 Å². The lowest BCUT2D eigenvalue weighted by molar-refractivity contribution is -0.120. The third-order valence-electron chi connectivity index (χ3n) is 4.50. The molecule has 3 rings (SSSR count). The van der Waals surface area contributed by atoms with Crippen LogP contribution in [0.3, 0.4) is 0 Å². The molecule has 7 heteroatoms. The maximum Gasteiger partial charge on any atom is 0.224 e. The van der Waals surface area contributed by atoms with Crippen LogP contribution in [0.4, 0.5) is 0 Å². The first-order valence-electron chi connectivity index (χ1n) is 7.77. The molecular weight excluding hydrogens is 351 g/mol. The average Bonchev–Trinajstić information content (AvgIpc) is 2.63. The number of rotatable bonds is 2. The molecule has 0 bridgehead atoms. The van der Waals surface area contributed by atoms with Crippen LogP contribution in [0.2, 0.25) is 10.0 Å². The van der Waals surface area contributed by atoms with Gasteiger partial charge in [-0.1, -0.05) is 23.2 Å². The second kappa shape index (κ2) is 5.83. The molecule has 2 aromatic rings. The molecule has 2 heterocycles. The Balaban J connectivity index is 2.33. The summed E-state index contributed by atoms with van der Waals surface area (Å²) in [6.07, 6.45) is 0.622. The summed E-state index contributed by atoms with van der Waals surface area (Å²) in [5.41, 5.74) is 1.36. The van der Waals surface area contributed by atoms with E-state index in [4.69, 9.17) is 23.2 Å². The van der Waals surface area contributed by atoms with Gasteiger partial charge in [0.15, 0.2) is 0 Å². The van der Waals surface area contributed by atoms with Crippen molar-refractivity contribution < 1.29 is 15.0 Å². The molecule has 0 spiro atoms. The van der Waals surface area contributed by atoms with Crippen LogP contribution in [0.1, 0.15) is 37.4 Å². The van der Waals surface area contributed by atoms with E-state index in [1.165, 1.54) is 6.07 Å². The standard InChI is InChI=1S/C17H20Cl2N2O3/c1-17(2,24)6-8-7-20-12(23)4-9-13-11(22)5-10(18)14(19)16(13)21(3)15(8)9/h5,8,22,24H,4,6-7H2,1-3H3,(H,20,23). The number of aromatic nitrogens is 1. The predicted octanol–water partition coefficient (Wildman–Crippen LogP) is 3.11. The highest BCUT2D eigenvalue weighted by Gasteiger charge is 2.33. The topological polar surface area (TPSA) is 74.5 Å². The van der Waals surface area contributed by atoms with E-state index in [0.29, 0.717) is 28.9 Å². The Morgan fingerprint density at radius 2 is 2.08 bits per heavy atom. The quantitative estimate of drug-likeness (QED) is 0.760. The number of halogens is 2. The van der Waals surface area contributed by atoms with Crippen molar-refractivity contribution in [3.05, 3.63) is 27.4 Å². The van der Waals surface area contributed by atoms with Crippen molar-refractivity contribution in [2.45, 2.75) is 38.2 Å². The normalized spacial score (nSPS) is 18.4. The highest BCUT2D eigenvalue weighted by molar-refractivity contribution is 6.45. The molecular formula is C17H20Cl2N2O3. The van der Waals surface area contributed by atoms with Crippen molar-refractivity contribution in [2.75, 3.05) is 6.54 Å². The molecule has 1 unspecified atom stereocenters. The zero-order valence-corrected chi connectivity index (χ0v) is 15.3. The van der Waals surface area contributed by atoms with Crippen LogP contribution in [-0.2, 0) is 18.3 Å². The Kier molecular flexibility index (Phi) is 4.22. The largest absolute Gasteiger partial charge is 0.507 e. The molecule has 1 aromatic carbocycles. The fraction of sp³-hybridized carbons (Fsp3) is 0.471. The number of aryl methyl sites for hydroxylation is 1. The first-order chi connectivity index (χ1) is 11.1. The molecule has 1 atom stereocenters. The van der Waals surface area contributed by atoms with Crippen LogP contribution in [0.5, 0.6) is 5.75 Å². The van der Waals surface area contributed by atoms with Crippen molar-refractivity contribution in [1.82, 2.24) is 9.88 Å². The van der Waals surface area contributed by atoms with Crippen molar-refractivity contribution >= 4 is 40.0 Å². The number of aliphatic hydroxyl groups is 1. The predicted molar refractivity (Wildman–Crippen MR) is 95.0 cm³/mol. The van der Waals surface area contributed by atoms with Crippen LogP contribution >= 0.6 is 23.2 Å². The van der Waals surface area contributed by atoms with Gasteiger partial charge in [0.1, 0.15) is 5.75 Å². The number of hydrogen-bond donors (Lipinski definition) is 3. The first kappa shape index (κ1) is 17.4. The van der Waals surface area contributed by atoms with E-state index in [0.717, 1.165) is 11.3 Å². The lowest BCUT2D eigenvalue weighted by Crippen LogP contribution is -2.31. The Labute approximate surface area is 150 Å². The molecule has 0 saturated heterocycles. The Morgan fingerprint density at radius 3 is 2.71 bits per heavy atom. The first-order valence-corrected chi connectivity index (χ1v) is 8.53. The van der Waals surface area contributed by atoms with E-state index in [1.807, 2.05) is 11.6 Å². The van der Waals surface area contributed by atoms with Gasteiger partial charge < -0.3 is 20.1 Å². The summed E-state index contributed by atoms with van der Waals surface area (Å²) >= 11 is 12.5. The third kappa shape index (κ3) is 2.85. The number of amides is 1. The van der Waals surface area contributed by atoms with Gasteiger partial charge in [-0.15, -0.1) is 0 Å². The van der Waals surface area contributed by atoms with Gasteiger partial charge in [0.05, 0.1) is 27.6 Å². The minimum Gasteiger partial charge on any atom is -0.507 e. The van der Waals surface area contributed by atoms with Crippen molar-refractivity contribution in [3.63, 3.8) is 0 Å². The smallest absolute Gasteiger partial charge is 0.224 e. The van der Waals surface area contributed by atoms with E-state index in [9.17, 15) is 15.0 Å². The van der Waals surface area contributed by atoms with Gasteiger partial charge >= 0.3 is 0 Å². The van der Waals surface area contributed by atoms with Crippen molar-refractivity contribution in [2.24, 2.45) is 7.05 Å². The van der Waals surface area contributed by atoms with E-state index >= 15 is 0 Å². The fourth-order valence-corrected chi connectivity index (χ4v) is 4.16. The molecule has 1 amide bonds. The van der Waals surface area contributed by atoms with E-state index < -0.39 is 5.60 Å². The lowest BCUT2D eigenvalue weighted by Gasteiger charge is -2.25. The van der Waals surface area contributed by atoms with Crippen molar-refractivity contribution in [1.29, 1.82) is 0 Å². The minimum absolute atomic E-state index is 0.00737. The second-order valence-corrected chi connectivity index (χ2v) is 7.82. The van der Waals surface area contributed by atoms with Gasteiger partial charge in [0.2, 0.25) is 5.91 Å². The number of benzene rings is 1. The molecule has 1 aromatic heterocycles. The molecule has 1 aliphatic rings. The number of phenolic OH excluding ortho intramolecular Hbond substituents is 1. The van der Waals surface area contributed by atoms with E-state index in [-0.39, 0.29) is 29.0 Å². The number of nitrogens with one attached hydrogen (secondary N) is 1. The number of carbonyl (C=O) groups excluding carboxylic acids is 1. The van der Waals surface area contributed by atoms with E-state index in [1.54, 1.807) is 13.8 Å². The number of aromatic hydroxyl groups is 1. The maximum atomic E-state index is 12.1. The molecule has 3 N–H and O–H groups in total. The number of hydrogen-bond acceptors (Lipinski definition) is 3. The molecule has 0 fully saturated rings. The van der Waals surface area contributed by atoms with Crippen molar-refractivity contribution in [3.8, 4) is 5.75 Å². The average molecular weight is 371 g/mol. The summed E-state index contributed by atoms with van der Waals surface area (Å²) < 4.78 is 1.88. The molecule has 0 saturated carbocycles. The zero-order valence-electron chi connectivity index (χ0n) is 13.8. The fourth-order valence-electron chi connectivity index (χ4n) is 3.69. The summed E-state index contributed by atoms with van der Waals surface area (Å²) in [6, 6.07) is 1.40. The number of phenols is 1. The summed E-state index contributed by atoms with van der Waals surface area (Å²) in [5.74, 6) is -0.210. The molecule has 24 heavy (non-hydrogen) atoms. The Morgan fingerprint density at radius 1 is 1.42 bits per heavy atom. The number of nitrogens with zero attached hydrogens (tertiary/aromatic N) is 1. The summed E-state index contributed by atoms with van der Waals surface area (Å²) in [4.78, 5) is 12.1. The van der Waals surface area contributed by atoms with Gasteiger partial charge in [-0.05, 0) is 25.8 Å². The second-order valence-electron chi connectivity index (χ2n) is 7.03. The number of fused-ring (bicyclic) bond motifs is 3. The SMILES string of the molecule is Cn1c2c(c3c(O)cc(Cl)c(Cl)c31)CC(=O)NCC2CC(C)(C)O. The molecule has 130 valence electrons. The summed E-state index contributed by atoms with van der Waals surface area (Å²) in [5, 5.41) is 24.7. The lowest BCUT2D eigenvalue weighted by atomic mass is 9.89. The monoisotopic (exact) mass is 370 g/mol. The Hall–Kier alpha value is -1.43. The van der Waals surface area contributed by atoms with Gasteiger partial charge in [-0.2, -0.15) is 0 Å². The van der Waals surface area contributed by atoms with Crippen LogP contribution in [-0.4, -0.2) is 32.8 Å². The van der Waals surface area contributed by atoms with Crippen LogP contribution in [0.25, 0.3) is 10.9 Å².